The number of amides is 1. The van der Waals surface area contributed by atoms with Crippen LogP contribution in [0.4, 0.5) is 4.79 Å². The van der Waals surface area contributed by atoms with Crippen LogP contribution in [0.3, 0.4) is 0 Å². The predicted molar refractivity (Wildman–Crippen MR) is 129 cm³/mol. The third-order valence-electron chi connectivity index (χ3n) is 6.94. The van der Waals surface area contributed by atoms with Gasteiger partial charge in [-0.2, -0.15) is 0 Å². The molecule has 2 heterocycles. The van der Waals surface area contributed by atoms with Crippen LogP contribution in [-0.2, 0) is 18.5 Å². The molecule has 1 unspecified atom stereocenters. The van der Waals surface area contributed by atoms with Gasteiger partial charge in [-0.05, 0) is 78.5 Å². The van der Waals surface area contributed by atoms with E-state index >= 15 is 0 Å². The second-order valence-corrected chi connectivity index (χ2v) is 17.2. The molecule has 6 nitrogen and oxygen atoms in total. The highest BCUT2D eigenvalue weighted by atomic mass is 28.4. The van der Waals surface area contributed by atoms with Crippen molar-refractivity contribution in [3.8, 4) is 0 Å². The zero-order valence-corrected chi connectivity index (χ0v) is 22.8. The van der Waals surface area contributed by atoms with Gasteiger partial charge in [0.1, 0.15) is 5.60 Å². The van der Waals surface area contributed by atoms with Crippen LogP contribution in [0.15, 0.2) is 11.5 Å². The molecule has 31 heavy (non-hydrogen) atoms. The molecule has 2 aliphatic rings. The Labute approximate surface area is 191 Å². The Morgan fingerprint density at radius 1 is 1.10 bits per heavy atom. The van der Waals surface area contributed by atoms with Crippen molar-refractivity contribution in [1.29, 1.82) is 0 Å². The summed E-state index contributed by atoms with van der Waals surface area (Å²) in [7, 11) is -2.48. The minimum Gasteiger partial charge on any atom is -0.444 e. The van der Waals surface area contributed by atoms with Crippen LogP contribution in [0, 0.1) is 0 Å². The minimum atomic E-state index is -2.04. The second kappa shape index (κ2) is 8.51. The summed E-state index contributed by atoms with van der Waals surface area (Å²) in [6.07, 6.45) is 2.27. The third-order valence-corrected chi connectivity index (χ3v) is 11.5. The van der Waals surface area contributed by atoms with Gasteiger partial charge in [0.15, 0.2) is 8.32 Å². The second-order valence-electron chi connectivity index (χ2n) is 12.5. The Morgan fingerprint density at radius 3 is 2.06 bits per heavy atom. The molecule has 1 fully saturated rings. The molecular weight excluding hydrogens is 409 g/mol. The lowest BCUT2D eigenvalue weighted by Crippen LogP contribution is -2.48. The maximum Gasteiger partial charge on any atom is 0.490 e. The molecule has 1 saturated heterocycles. The van der Waals surface area contributed by atoms with Gasteiger partial charge in [-0.3, -0.25) is 0 Å². The van der Waals surface area contributed by atoms with Crippen LogP contribution in [0.2, 0.25) is 18.1 Å². The summed E-state index contributed by atoms with van der Waals surface area (Å²) in [6.45, 7) is 26.0. The summed E-state index contributed by atoms with van der Waals surface area (Å²) >= 11 is 0. The largest absolute Gasteiger partial charge is 0.490 e. The molecular formula is C23H44BNO5Si. The van der Waals surface area contributed by atoms with Crippen molar-refractivity contribution in [3.05, 3.63) is 11.5 Å². The zero-order valence-electron chi connectivity index (χ0n) is 21.8. The number of hydrogen-bond acceptors (Lipinski definition) is 5. The van der Waals surface area contributed by atoms with E-state index < -0.39 is 32.2 Å². The van der Waals surface area contributed by atoms with Crippen molar-refractivity contribution in [1.82, 2.24) is 4.90 Å². The third kappa shape index (κ3) is 6.36. The predicted octanol–water partition coefficient (Wildman–Crippen LogP) is 5.58. The summed E-state index contributed by atoms with van der Waals surface area (Å²) in [4.78, 5) is 14.6. The van der Waals surface area contributed by atoms with Crippen LogP contribution in [-0.4, -0.2) is 62.4 Å². The number of rotatable bonds is 3. The lowest BCUT2D eigenvalue weighted by atomic mass is 9.75. The Balaban J connectivity index is 2.30. The molecule has 0 bridgehead atoms. The summed E-state index contributed by atoms with van der Waals surface area (Å²) in [5.41, 5.74) is -0.331. The fourth-order valence-electron chi connectivity index (χ4n) is 3.29. The molecule has 0 radical (unpaired) electrons. The maximum absolute atomic E-state index is 12.9. The number of carbonyl (C=O) groups excluding carboxylic acids is 1. The number of carbonyl (C=O) groups is 1. The van der Waals surface area contributed by atoms with Crippen LogP contribution in [0.5, 0.6) is 0 Å². The zero-order chi connectivity index (χ0) is 24.0. The van der Waals surface area contributed by atoms with Crippen LogP contribution >= 0.6 is 0 Å². The smallest absolute Gasteiger partial charge is 0.444 e. The Hall–Kier alpha value is -0.828. The SMILES string of the molecule is CC(C)(C)OC(=O)N1CC=C(B2OC(C)(C)C(C)(C)O2)CC(O[Si](C)(C)C(C)(C)C)C1. The highest BCUT2D eigenvalue weighted by Gasteiger charge is 2.53. The summed E-state index contributed by atoms with van der Waals surface area (Å²) < 4.78 is 25.0. The molecule has 0 aliphatic carbocycles. The van der Waals surface area contributed by atoms with E-state index in [2.05, 4.69) is 67.6 Å². The fourth-order valence-corrected chi connectivity index (χ4v) is 4.64. The van der Waals surface area contributed by atoms with E-state index in [0.29, 0.717) is 19.5 Å². The van der Waals surface area contributed by atoms with Crippen LogP contribution in [0.25, 0.3) is 0 Å². The van der Waals surface area contributed by atoms with Gasteiger partial charge in [0, 0.05) is 13.1 Å². The first kappa shape index (κ1) is 26.4. The number of hydrogen-bond donors (Lipinski definition) is 0. The van der Waals surface area contributed by atoms with Crippen molar-refractivity contribution in [2.75, 3.05) is 13.1 Å². The van der Waals surface area contributed by atoms with Gasteiger partial charge in [-0.15, -0.1) is 0 Å². The molecule has 0 aromatic heterocycles. The van der Waals surface area contributed by atoms with Crippen LogP contribution < -0.4 is 0 Å². The quantitative estimate of drug-likeness (QED) is 0.523. The monoisotopic (exact) mass is 453 g/mol. The average molecular weight is 454 g/mol. The summed E-state index contributed by atoms with van der Waals surface area (Å²) in [5.74, 6) is 0. The summed E-state index contributed by atoms with van der Waals surface area (Å²) in [5, 5.41) is 0.0737. The topological polar surface area (TPSA) is 57.2 Å². The maximum atomic E-state index is 12.9. The standard InChI is InChI=1S/C23H44BNO5Si/c1-20(2,3)27-19(26)25-14-13-17(24-29-22(7,8)23(9,10)30-24)15-18(16-25)28-31(11,12)21(4,5)6/h13,18H,14-16H2,1-12H3. The lowest BCUT2D eigenvalue weighted by Gasteiger charge is -2.40. The van der Waals surface area contributed by atoms with Crippen molar-refractivity contribution in [3.63, 3.8) is 0 Å². The molecule has 0 aromatic carbocycles. The molecule has 0 aromatic rings. The highest BCUT2D eigenvalue weighted by molar-refractivity contribution is 6.74. The highest BCUT2D eigenvalue weighted by Crippen LogP contribution is 2.41. The minimum absolute atomic E-state index is 0.0737. The Kier molecular flexibility index (Phi) is 7.25. The van der Waals surface area contributed by atoms with Crippen molar-refractivity contribution >= 4 is 21.5 Å². The molecule has 1 atom stereocenters. The summed E-state index contributed by atoms with van der Waals surface area (Å²) in [6, 6.07) is 0. The first-order valence-electron chi connectivity index (χ1n) is 11.4. The molecule has 2 rings (SSSR count). The lowest BCUT2D eigenvalue weighted by molar-refractivity contribution is 0.00578. The van der Waals surface area contributed by atoms with Crippen molar-refractivity contribution < 1.29 is 23.3 Å². The molecule has 8 heteroatoms. The first-order valence-corrected chi connectivity index (χ1v) is 14.4. The van der Waals surface area contributed by atoms with E-state index in [1.54, 1.807) is 4.90 Å². The van der Waals surface area contributed by atoms with Gasteiger partial charge in [0.2, 0.25) is 0 Å². The van der Waals surface area contributed by atoms with E-state index in [0.717, 1.165) is 5.47 Å². The van der Waals surface area contributed by atoms with E-state index in [9.17, 15) is 4.79 Å². The number of ether oxygens (including phenoxy) is 1. The number of nitrogens with zero attached hydrogens (tertiary/aromatic N) is 1. The first-order chi connectivity index (χ1) is 13.7. The molecule has 0 saturated carbocycles. The molecule has 0 N–H and O–H groups in total. The van der Waals surface area contributed by atoms with Gasteiger partial charge in [0.05, 0.1) is 17.3 Å². The van der Waals surface area contributed by atoms with E-state index in [1.807, 2.05) is 20.8 Å². The van der Waals surface area contributed by atoms with Crippen molar-refractivity contribution in [2.24, 2.45) is 0 Å². The van der Waals surface area contributed by atoms with Gasteiger partial charge < -0.3 is 23.4 Å². The van der Waals surface area contributed by atoms with E-state index in [4.69, 9.17) is 18.5 Å². The Morgan fingerprint density at radius 2 is 1.61 bits per heavy atom. The van der Waals surface area contributed by atoms with Crippen LogP contribution in [0.1, 0.15) is 75.7 Å². The van der Waals surface area contributed by atoms with Gasteiger partial charge in [0.25, 0.3) is 0 Å². The van der Waals surface area contributed by atoms with E-state index in [1.165, 1.54) is 0 Å². The van der Waals surface area contributed by atoms with Gasteiger partial charge >= 0.3 is 13.2 Å². The Bertz CT molecular complexity index is 690. The normalized spacial score (nSPS) is 24.6. The molecule has 0 spiro atoms. The molecule has 2 aliphatic heterocycles. The fraction of sp³-hybridized carbons (Fsp3) is 0.870. The van der Waals surface area contributed by atoms with Gasteiger partial charge in [-0.25, -0.2) is 4.79 Å². The molecule has 178 valence electrons. The average Bonchev–Trinajstić information content (AvgIpc) is 2.68. The molecule has 1 amide bonds. The van der Waals surface area contributed by atoms with Crippen molar-refractivity contribution in [2.45, 2.75) is 117 Å². The van der Waals surface area contributed by atoms with Gasteiger partial charge in [-0.1, -0.05) is 26.8 Å². The van der Waals surface area contributed by atoms with E-state index in [-0.39, 0.29) is 17.2 Å².